The van der Waals surface area contributed by atoms with Gasteiger partial charge in [0.2, 0.25) is 0 Å². The van der Waals surface area contributed by atoms with Gasteiger partial charge in [-0.3, -0.25) is 14.6 Å². The Morgan fingerprint density at radius 1 is 1.38 bits per heavy atom. The van der Waals surface area contributed by atoms with E-state index in [0.717, 1.165) is 11.2 Å². The summed E-state index contributed by atoms with van der Waals surface area (Å²) in [5.74, 6) is -3.19. The third kappa shape index (κ3) is 3.46. The van der Waals surface area contributed by atoms with Gasteiger partial charge >= 0.3 is 45.7 Å². The average molecular weight is 449 g/mol. The maximum absolute atomic E-state index is 12.9. The minimum Gasteiger partial charge on any atom is -0.543 e. The monoisotopic (exact) mass is 449 g/mol. The number of aliphatic carboxylic acids is 1. The van der Waals surface area contributed by atoms with E-state index < -0.39 is 45.7 Å². The first-order valence-corrected chi connectivity index (χ1v) is 11.1. The molecule has 0 aliphatic carbocycles. The number of anilines is 1. The van der Waals surface area contributed by atoms with Crippen LogP contribution < -0.4 is 39.6 Å². The molecule has 4 heterocycles. The fourth-order valence-corrected chi connectivity index (χ4v) is 5.28. The molecule has 4 rings (SSSR count). The molecule has 3 aliphatic rings. The number of thiophene rings is 1. The molecule has 0 aromatic carbocycles. The summed E-state index contributed by atoms with van der Waals surface area (Å²) < 4.78 is 28.1. The van der Waals surface area contributed by atoms with E-state index in [2.05, 4.69) is 0 Å². The molecule has 1 aromatic heterocycles. The van der Waals surface area contributed by atoms with Crippen molar-refractivity contribution in [2.24, 2.45) is 5.92 Å². The molecule has 0 spiro atoms. The molecule has 2 saturated heterocycles. The summed E-state index contributed by atoms with van der Waals surface area (Å²) >= 11 is 1.37. The summed E-state index contributed by atoms with van der Waals surface area (Å²) in [4.78, 5) is 41.0. The summed E-state index contributed by atoms with van der Waals surface area (Å²) in [5.41, 5.74) is -0.567. The summed E-state index contributed by atoms with van der Waals surface area (Å²) in [6, 6.07) is 1.64. The van der Waals surface area contributed by atoms with Crippen LogP contribution in [0.15, 0.2) is 29.0 Å². The number of carboxylic acid groups (broad SMARTS) is 1. The van der Waals surface area contributed by atoms with Crippen LogP contribution in [-0.2, 0) is 23.9 Å². The zero-order valence-electron chi connectivity index (χ0n) is 15.9. The number of carbonyl (C=O) groups excluding carboxylic acids is 3. The minimum atomic E-state index is -3.99. The molecule has 3 aliphatic heterocycles. The van der Waals surface area contributed by atoms with Crippen molar-refractivity contribution in [3.05, 3.63) is 29.0 Å². The van der Waals surface area contributed by atoms with Crippen LogP contribution in [0, 0.1) is 5.92 Å². The van der Waals surface area contributed by atoms with Crippen molar-refractivity contribution < 1.29 is 61.6 Å². The quantitative estimate of drug-likeness (QED) is 0.262. The van der Waals surface area contributed by atoms with Gasteiger partial charge in [-0.15, -0.1) is 11.3 Å². The molecule has 3 atom stereocenters. The van der Waals surface area contributed by atoms with Gasteiger partial charge in [0, 0.05) is 19.5 Å². The maximum Gasteiger partial charge on any atom is 1.00 e. The summed E-state index contributed by atoms with van der Waals surface area (Å²) in [7, 11) is -2.40. The second kappa shape index (κ2) is 7.58. The molecule has 29 heavy (non-hydrogen) atoms. The Morgan fingerprint density at radius 2 is 2.07 bits per heavy atom. The number of hydrogen-bond donors (Lipinski definition) is 0. The molecular weight excluding hydrogens is 433 g/mol. The summed E-state index contributed by atoms with van der Waals surface area (Å²) in [6.45, 7) is 0.164. The van der Waals surface area contributed by atoms with E-state index in [1.807, 2.05) is 5.38 Å². The Hall–Kier alpha value is -1.60. The number of likely N-dealkylation sites (tertiary alicyclic amines) is 1. The molecule has 1 unspecified atom stereocenters. The standard InChI is InChI=1S/C16H17N3O7S2.Na/c1-17(9-4-3-7-27-9)16(23)18-6-5-8-10-11(18)14(20)19(10)12(15(21)22)13(8)26-28(2,24)25;/h3-4,7-8,10-11H,5-6H2,1-2H3,(H,21,22);/q;+1/p-1/t8?,10-,11+;/m1./s1. The van der Waals surface area contributed by atoms with Crippen molar-refractivity contribution in [2.75, 3.05) is 24.7 Å². The molecule has 0 bridgehead atoms. The third-order valence-corrected chi connectivity index (χ3v) is 6.58. The van der Waals surface area contributed by atoms with Gasteiger partial charge in [0.1, 0.15) is 11.7 Å². The van der Waals surface area contributed by atoms with E-state index in [0.29, 0.717) is 5.00 Å². The fourth-order valence-electron chi connectivity index (χ4n) is 4.07. The first-order chi connectivity index (χ1) is 13.1. The minimum absolute atomic E-state index is 0. The predicted octanol–water partition coefficient (Wildman–Crippen LogP) is -3.84. The SMILES string of the molecule is CN(C(=O)N1CCC2C(OS(C)(=O)=O)=C(C(=O)[O-])N3C(=O)[C@@H]1[C@@H]23)c1cccs1.[Na+]. The van der Waals surface area contributed by atoms with Crippen molar-refractivity contribution in [1.82, 2.24) is 9.80 Å². The van der Waals surface area contributed by atoms with Crippen molar-refractivity contribution in [2.45, 2.75) is 18.5 Å². The van der Waals surface area contributed by atoms with Gasteiger partial charge in [-0.2, -0.15) is 8.42 Å². The number of carboxylic acids is 1. The van der Waals surface area contributed by atoms with Crippen molar-refractivity contribution in [3.63, 3.8) is 0 Å². The molecule has 0 N–H and O–H groups in total. The molecule has 3 amide bonds. The van der Waals surface area contributed by atoms with Gasteiger partial charge in [0.15, 0.2) is 5.76 Å². The Bertz CT molecular complexity index is 1010. The molecule has 2 fully saturated rings. The number of rotatable bonds is 4. The Balaban J connectivity index is 0.00000240. The second-order valence-electron chi connectivity index (χ2n) is 6.81. The van der Waals surface area contributed by atoms with Crippen LogP contribution in [0.25, 0.3) is 0 Å². The Labute approximate surface area is 193 Å². The second-order valence-corrected chi connectivity index (χ2v) is 9.31. The predicted molar refractivity (Wildman–Crippen MR) is 95.3 cm³/mol. The molecular formula is C16H16N3NaO7S2. The summed E-state index contributed by atoms with van der Waals surface area (Å²) in [5, 5.41) is 14.1. The van der Waals surface area contributed by atoms with Crippen LogP contribution in [0.3, 0.4) is 0 Å². The number of amides is 3. The van der Waals surface area contributed by atoms with Crippen LogP contribution in [0.5, 0.6) is 0 Å². The first kappa shape index (κ1) is 22.1. The molecule has 150 valence electrons. The van der Waals surface area contributed by atoms with Gasteiger partial charge in [-0.1, -0.05) is 0 Å². The first-order valence-electron chi connectivity index (χ1n) is 8.37. The molecule has 1 aromatic rings. The molecule has 13 heteroatoms. The average Bonchev–Trinajstić information content (AvgIpc) is 3.24. The Morgan fingerprint density at radius 3 is 2.62 bits per heavy atom. The van der Waals surface area contributed by atoms with E-state index in [1.54, 1.807) is 19.2 Å². The Kier molecular flexibility index (Phi) is 5.78. The normalized spacial score (nSPS) is 25.2. The fraction of sp³-hybridized carbons (Fsp3) is 0.438. The smallest absolute Gasteiger partial charge is 0.543 e. The van der Waals surface area contributed by atoms with Crippen LogP contribution in [0.4, 0.5) is 9.80 Å². The molecule has 0 saturated carbocycles. The zero-order valence-corrected chi connectivity index (χ0v) is 19.5. The van der Waals surface area contributed by atoms with Gasteiger partial charge in [-0.05, 0) is 23.9 Å². The summed E-state index contributed by atoms with van der Waals surface area (Å²) in [6.07, 6.45) is 1.06. The van der Waals surface area contributed by atoms with E-state index in [4.69, 9.17) is 4.18 Å². The van der Waals surface area contributed by atoms with Crippen LogP contribution >= 0.6 is 11.3 Å². The van der Waals surface area contributed by atoms with Gasteiger partial charge in [-0.25, -0.2) is 4.79 Å². The van der Waals surface area contributed by atoms with Crippen molar-refractivity contribution in [3.8, 4) is 0 Å². The maximum atomic E-state index is 12.9. The number of piperidine rings is 1. The number of carbonyl (C=O) groups is 3. The number of urea groups is 1. The zero-order chi connectivity index (χ0) is 20.4. The van der Waals surface area contributed by atoms with E-state index >= 15 is 0 Å². The van der Waals surface area contributed by atoms with Gasteiger partial charge < -0.3 is 19.0 Å². The molecule has 0 radical (unpaired) electrons. The van der Waals surface area contributed by atoms with E-state index in [1.165, 1.54) is 21.1 Å². The van der Waals surface area contributed by atoms with Crippen LogP contribution in [0.1, 0.15) is 6.42 Å². The topological polar surface area (TPSA) is 127 Å². The van der Waals surface area contributed by atoms with Crippen LogP contribution in [0.2, 0.25) is 0 Å². The third-order valence-electron chi connectivity index (χ3n) is 5.16. The van der Waals surface area contributed by atoms with Gasteiger partial charge in [0.25, 0.3) is 5.91 Å². The van der Waals surface area contributed by atoms with Gasteiger partial charge in [0.05, 0.1) is 23.3 Å². The number of hydrogen-bond acceptors (Lipinski definition) is 8. The number of β-lactam (4-membered cyclic amide) rings is 1. The van der Waals surface area contributed by atoms with E-state index in [-0.39, 0.29) is 54.3 Å². The van der Waals surface area contributed by atoms with Crippen molar-refractivity contribution in [1.29, 1.82) is 0 Å². The van der Waals surface area contributed by atoms with E-state index in [9.17, 15) is 27.9 Å². The van der Waals surface area contributed by atoms with Crippen molar-refractivity contribution >= 4 is 44.4 Å². The largest absolute Gasteiger partial charge is 1.00 e. The number of nitrogens with zero attached hydrogens (tertiary/aromatic N) is 3. The van der Waals surface area contributed by atoms with Crippen LogP contribution in [-0.4, -0.2) is 68.1 Å². The molecule has 10 nitrogen and oxygen atoms in total.